The number of nitrogens with zero attached hydrogens (tertiary/aromatic N) is 3. The summed E-state index contributed by atoms with van der Waals surface area (Å²) in [6, 6.07) is 4.50. The van der Waals surface area contributed by atoms with Gasteiger partial charge in [-0.15, -0.1) is 0 Å². The van der Waals surface area contributed by atoms with Crippen LogP contribution in [-0.4, -0.2) is 115 Å². The Hall–Kier alpha value is -4.16. The molecule has 13 nitrogen and oxygen atoms in total. The summed E-state index contributed by atoms with van der Waals surface area (Å²) in [5, 5.41) is 8.67. The molecule has 1 aliphatic carbocycles. The highest BCUT2D eigenvalue weighted by Gasteiger charge is 2.37. The molecule has 276 valence electrons. The van der Waals surface area contributed by atoms with Crippen molar-refractivity contribution in [2.45, 2.75) is 96.7 Å². The van der Waals surface area contributed by atoms with Crippen molar-refractivity contribution in [3.05, 3.63) is 29.8 Å². The summed E-state index contributed by atoms with van der Waals surface area (Å²) >= 11 is 0. The molecule has 0 bridgehead atoms. The number of hydrogen-bond donors (Lipinski definition) is 3. The van der Waals surface area contributed by atoms with Gasteiger partial charge in [-0.2, -0.15) is 0 Å². The summed E-state index contributed by atoms with van der Waals surface area (Å²) < 4.78 is 5.26. The number of nitrogens with one attached hydrogen (secondary N) is 3. The first-order valence-corrected chi connectivity index (χ1v) is 18.2. The first kappa shape index (κ1) is 38.6. The SMILES string of the molecule is COc1ccc(C[C@@H]2NC(=O)[C@@H](CC(C)C)NC(=O)CCCN(C(=O)C3CCN(C(=O)C4CC4)CC3)CCCNC(=O)[C@H](C)N(C)C2=O)cc1. The second-order valence-electron chi connectivity index (χ2n) is 14.4. The van der Waals surface area contributed by atoms with Crippen LogP contribution in [0.3, 0.4) is 0 Å². The minimum atomic E-state index is -0.986. The predicted octanol–water partition coefficient (Wildman–Crippen LogP) is 1.88. The quantitative estimate of drug-likeness (QED) is 0.393. The largest absolute Gasteiger partial charge is 0.497 e. The lowest BCUT2D eigenvalue weighted by Crippen LogP contribution is -2.57. The Bertz CT molecular complexity index is 1360. The second-order valence-corrected chi connectivity index (χ2v) is 14.4. The summed E-state index contributed by atoms with van der Waals surface area (Å²) in [7, 11) is 3.10. The van der Waals surface area contributed by atoms with Gasteiger partial charge in [0.05, 0.1) is 7.11 Å². The maximum atomic E-state index is 13.9. The lowest BCUT2D eigenvalue weighted by Gasteiger charge is -2.34. The van der Waals surface area contributed by atoms with Crippen molar-refractivity contribution in [3.8, 4) is 5.75 Å². The maximum absolute atomic E-state index is 13.9. The highest BCUT2D eigenvalue weighted by Crippen LogP contribution is 2.32. The number of carbonyl (C=O) groups is 6. The van der Waals surface area contributed by atoms with Crippen molar-refractivity contribution < 1.29 is 33.5 Å². The molecule has 2 saturated heterocycles. The molecule has 6 amide bonds. The molecule has 3 fully saturated rings. The van der Waals surface area contributed by atoms with E-state index in [2.05, 4.69) is 16.0 Å². The minimum absolute atomic E-state index is 0.00308. The number of hydrogen-bond acceptors (Lipinski definition) is 7. The number of amides is 6. The fourth-order valence-electron chi connectivity index (χ4n) is 6.64. The highest BCUT2D eigenvalue weighted by atomic mass is 16.5. The van der Waals surface area contributed by atoms with Gasteiger partial charge in [0, 0.05) is 64.4 Å². The van der Waals surface area contributed by atoms with Gasteiger partial charge in [0.2, 0.25) is 35.4 Å². The van der Waals surface area contributed by atoms with Gasteiger partial charge in [-0.25, -0.2) is 0 Å². The number of piperidine rings is 1. The molecule has 3 aliphatic rings. The van der Waals surface area contributed by atoms with E-state index in [1.54, 1.807) is 31.1 Å². The van der Waals surface area contributed by atoms with Crippen LogP contribution in [0.1, 0.15) is 77.7 Å². The number of likely N-dealkylation sites (N-methyl/N-ethyl adjacent to an activating group) is 1. The molecule has 0 unspecified atom stereocenters. The normalized spacial score (nSPS) is 24.2. The van der Waals surface area contributed by atoms with Crippen LogP contribution in [0.4, 0.5) is 0 Å². The molecule has 3 N–H and O–H groups in total. The molecule has 0 spiro atoms. The van der Waals surface area contributed by atoms with Gasteiger partial charge in [0.1, 0.15) is 23.9 Å². The van der Waals surface area contributed by atoms with Gasteiger partial charge in [0.15, 0.2) is 0 Å². The third-order valence-electron chi connectivity index (χ3n) is 10.0. The maximum Gasteiger partial charge on any atom is 0.245 e. The van der Waals surface area contributed by atoms with E-state index in [4.69, 9.17) is 4.74 Å². The van der Waals surface area contributed by atoms with Crippen molar-refractivity contribution in [2.24, 2.45) is 17.8 Å². The van der Waals surface area contributed by atoms with E-state index < -0.39 is 29.9 Å². The monoisotopic (exact) mass is 696 g/mol. The van der Waals surface area contributed by atoms with E-state index >= 15 is 0 Å². The summed E-state index contributed by atoms with van der Waals surface area (Å²) in [5.74, 6) is -0.671. The number of ether oxygens (including phenoxy) is 1. The number of benzene rings is 1. The van der Waals surface area contributed by atoms with Crippen molar-refractivity contribution in [2.75, 3.05) is 46.9 Å². The van der Waals surface area contributed by atoms with Gasteiger partial charge in [-0.1, -0.05) is 26.0 Å². The van der Waals surface area contributed by atoms with Crippen LogP contribution < -0.4 is 20.7 Å². The van der Waals surface area contributed by atoms with Crippen molar-refractivity contribution in [1.29, 1.82) is 0 Å². The third kappa shape index (κ3) is 10.9. The summed E-state index contributed by atoms with van der Waals surface area (Å²) in [4.78, 5) is 85.3. The molecule has 13 heteroatoms. The Labute approximate surface area is 296 Å². The molecule has 50 heavy (non-hydrogen) atoms. The number of rotatable bonds is 7. The van der Waals surface area contributed by atoms with Crippen LogP contribution in [0.25, 0.3) is 0 Å². The first-order chi connectivity index (χ1) is 23.9. The van der Waals surface area contributed by atoms with Crippen LogP contribution in [-0.2, 0) is 35.2 Å². The number of likely N-dealkylation sites (tertiary alicyclic amines) is 1. The Kier molecular flexibility index (Phi) is 14.1. The lowest BCUT2D eigenvalue weighted by atomic mass is 9.94. The van der Waals surface area contributed by atoms with Crippen LogP contribution >= 0.6 is 0 Å². The lowest BCUT2D eigenvalue weighted by molar-refractivity contribution is -0.142. The summed E-state index contributed by atoms with van der Waals surface area (Å²) in [6.07, 6.45) is 4.67. The van der Waals surface area contributed by atoms with Gasteiger partial charge in [-0.05, 0) is 75.5 Å². The molecule has 4 rings (SSSR count). The molecule has 1 aromatic rings. The van der Waals surface area contributed by atoms with Crippen LogP contribution in [0.2, 0.25) is 0 Å². The van der Waals surface area contributed by atoms with E-state index in [1.807, 2.05) is 30.9 Å². The fraction of sp³-hybridized carbons (Fsp3) is 0.676. The fourth-order valence-corrected chi connectivity index (χ4v) is 6.64. The van der Waals surface area contributed by atoms with Crippen LogP contribution in [0, 0.1) is 17.8 Å². The highest BCUT2D eigenvalue weighted by molar-refractivity contribution is 5.94. The van der Waals surface area contributed by atoms with E-state index in [0.29, 0.717) is 70.6 Å². The Morgan fingerprint density at radius 3 is 2.02 bits per heavy atom. The van der Waals surface area contributed by atoms with Crippen molar-refractivity contribution >= 4 is 35.4 Å². The molecule has 0 aromatic heterocycles. The summed E-state index contributed by atoms with van der Waals surface area (Å²) in [5.41, 5.74) is 0.790. The van der Waals surface area contributed by atoms with Gasteiger partial charge < -0.3 is 35.4 Å². The smallest absolute Gasteiger partial charge is 0.245 e. The molecule has 1 aromatic carbocycles. The summed E-state index contributed by atoms with van der Waals surface area (Å²) in [6.45, 7) is 7.74. The first-order valence-electron chi connectivity index (χ1n) is 18.2. The second kappa shape index (κ2) is 18.2. The average Bonchev–Trinajstić information content (AvgIpc) is 3.96. The van der Waals surface area contributed by atoms with E-state index in [1.165, 1.54) is 11.9 Å². The van der Waals surface area contributed by atoms with Crippen molar-refractivity contribution in [1.82, 2.24) is 30.7 Å². The topological polar surface area (TPSA) is 157 Å². The molecule has 1 saturated carbocycles. The van der Waals surface area contributed by atoms with E-state index in [0.717, 1.165) is 18.4 Å². The van der Waals surface area contributed by atoms with Crippen LogP contribution in [0.15, 0.2) is 24.3 Å². The zero-order chi connectivity index (χ0) is 36.4. The van der Waals surface area contributed by atoms with Crippen molar-refractivity contribution in [3.63, 3.8) is 0 Å². The zero-order valence-corrected chi connectivity index (χ0v) is 30.4. The third-order valence-corrected chi connectivity index (χ3v) is 10.0. The van der Waals surface area contributed by atoms with E-state index in [9.17, 15) is 28.8 Å². The molecule has 0 radical (unpaired) electrons. The van der Waals surface area contributed by atoms with E-state index in [-0.39, 0.29) is 54.2 Å². The van der Waals surface area contributed by atoms with Gasteiger partial charge in [0.25, 0.3) is 0 Å². The zero-order valence-electron chi connectivity index (χ0n) is 30.4. The van der Waals surface area contributed by atoms with Crippen LogP contribution in [0.5, 0.6) is 5.75 Å². The molecule has 2 aliphatic heterocycles. The molecular weight excluding hydrogens is 640 g/mol. The predicted molar refractivity (Wildman–Crippen MR) is 188 cm³/mol. The Morgan fingerprint density at radius 1 is 0.820 bits per heavy atom. The van der Waals surface area contributed by atoms with Gasteiger partial charge in [-0.3, -0.25) is 28.8 Å². The Morgan fingerprint density at radius 2 is 1.42 bits per heavy atom. The standard InChI is InChI=1S/C37H56N6O7/c1-24(2)22-30-34(46)40-31(23-26-9-13-29(50-5)14-10-26)37(49)41(4)25(3)33(45)38-17-7-19-42(18-6-8-32(44)39-30)36(48)28-15-20-43(21-16-28)35(47)27-11-12-27/h9-10,13-14,24-25,27-28,30-31H,6-8,11-12,15-23H2,1-5H3,(H,38,45)(H,39,44)(H,40,46)/t25-,30+,31-/m0/s1. The molecular formula is C37H56N6O7. The molecule has 3 atom stereocenters. The number of methoxy groups -OCH3 is 1. The van der Waals surface area contributed by atoms with Gasteiger partial charge >= 0.3 is 0 Å². The molecule has 2 heterocycles. The number of carbonyl (C=O) groups excluding carboxylic acids is 6. The Balaban J connectivity index is 1.48. The average molecular weight is 697 g/mol. The minimum Gasteiger partial charge on any atom is -0.497 e.